The minimum Gasteiger partial charge on any atom is -0.268 e. The van der Waals surface area contributed by atoms with Crippen LogP contribution in [0.5, 0.6) is 0 Å². The zero-order valence-corrected chi connectivity index (χ0v) is 16.1. The van der Waals surface area contributed by atoms with Crippen LogP contribution in [0, 0.1) is 6.92 Å². The molecule has 3 nitrogen and oxygen atoms in total. The van der Waals surface area contributed by atoms with E-state index in [1.54, 1.807) is 16.3 Å². The van der Waals surface area contributed by atoms with Gasteiger partial charge < -0.3 is 0 Å². The van der Waals surface area contributed by atoms with Crippen molar-refractivity contribution in [3.63, 3.8) is 0 Å². The SMILES string of the molecule is Cc1ccccc1-n1c(SC(C)c2ccccc2)nc2ccccc2c1=O. The summed E-state index contributed by atoms with van der Waals surface area (Å²) in [6, 6.07) is 25.8. The van der Waals surface area contributed by atoms with E-state index in [1.807, 2.05) is 73.7 Å². The summed E-state index contributed by atoms with van der Waals surface area (Å²) in [5.41, 5.74) is 3.84. The van der Waals surface area contributed by atoms with Gasteiger partial charge in [-0.1, -0.05) is 72.4 Å². The number of hydrogen-bond acceptors (Lipinski definition) is 3. The number of thioether (sulfide) groups is 1. The van der Waals surface area contributed by atoms with E-state index in [4.69, 9.17) is 4.98 Å². The van der Waals surface area contributed by atoms with E-state index in [9.17, 15) is 4.79 Å². The lowest BCUT2D eigenvalue weighted by Gasteiger charge is -2.18. The summed E-state index contributed by atoms with van der Waals surface area (Å²) in [5, 5.41) is 1.52. The van der Waals surface area contributed by atoms with Gasteiger partial charge >= 0.3 is 0 Å². The van der Waals surface area contributed by atoms with E-state index < -0.39 is 0 Å². The van der Waals surface area contributed by atoms with Crippen molar-refractivity contribution in [1.82, 2.24) is 9.55 Å². The van der Waals surface area contributed by atoms with Crippen molar-refractivity contribution in [1.29, 1.82) is 0 Å². The molecule has 0 bridgehead atoms. The summed E-state index contributed by atoms with van der Waals surface area (Å²) in [4.78, 5) is 18.2. The smallest absolute Gasteiger partial charge is 0.266 e. The highest BCUT2D eigenvalue weighted by molar-refractivity contribution is 7.99. The first-order valence-electron chi connectivity index (χ1n) is 8.94. The molecule has 1 heterocycles. The highest BCUT2D eigenvalue weighted by atomic mass is 32.2. The molecule has 0 aliphatic carbocycles. The van der Waals surface area contributed by atoms with Crippen molar-refractivity contribution in [2.75, 3.05) is 0 Å². The van der Waals surface area contributed by atoms with Gasteiger partial charge in [0.25, 0.3) is 5.56 Å². The Bertz CT molecular complexity index is 1150. The molecule has 0 fully saturated rings. The Morgan fingerprint density at radius 3 is 2.33 bits per heavy atom. The summed E-state index contributed by atoms with van der Waals surface area (Å²) < 4.78 is 1.75. The van der Waals surface area contributed by atoms with Gasteiger partial charge in [-0.15, -0.1) is 0 Å². The summed E-state index contributed by atoms with van der Waals surface area (Å²) in [5.74, 6) is 0. The highest BCUT2D eigenvalue weighted by Gasteiger charge is 2.17. The van der Waals surface area contributed by atoms with Gasteiger partial charge in [-0.05, 0) is 43.2 Å². The number of para-hydroxylation sites is 2. The lowest BCUT2D eigenvalue weighted by atomic mass is 10.2. The van der Waals surface area contributed by atoms with Crippen LogP contribution < -0.4 is 5.56 Å². The maximum atomic E-state index is 13.3. The molecule has 0 radical (unpaired) electrons. The molecule has 1 unspecified atom stereocenters. The first kappa shape index (κ1) is 17.6. The van der Waals surface area contributed by atoms with E-state index >= 15 is 0 Å². The third kappa shape index (κ3) is 3.40. The Labute approximate surface area is 162 Å². The lowest BCUT2D eigenvalue weighted by molar-refractivity contribution is 0.810. The zero-order chi connectivity index (χ0) is 18.8. The number of hydrogen-bond donors (Lipinski definition) is 0. The first-order chi connectivity index (χ1) is 13.1. The first-order valence-corrected chi connectivity index (χ1v) is 9.82. The molecule has 0 aliphatic rings. The van der Waals surface area contributed by atoms with Crippen molar-refractivity contribution in [3.05, 3.63) is 100 Å². The van der Waals surface area contributed by atoms with Crippen molar-refractivity contribution < 1.29 is 0 Å². The van der Waals surface area contributed by atoms with Gasteiger partial charge in [0, 0.05) is 5.25 Å². The van der Waals surface area contributed by atoms with E-state index in [2.05, 4.69) is 19.1 Å². The monoisotopic (exact) mass is 372 g/mol. The van der Waals surface area contributed by atoms with Crippen molar-refractivity contribution in [3.8, 4) is 5.69 Å². The quantitative estimate of drug-likeness (QED) is 0.348. The molecule has 4 aromatic rings. The van der Waals surface area contributed by atoms with Crippen molar-refractivity contribution >= 4 is 22.7 Å². The Balaban J connectivity index is 1.92. The van der Waals surface area contributed by atoms with Gasteiger partial charge in [-0.3, -0.25) is 9.36 Å². The van der Waals surface area contributed by atoms with Crippen LogP contribution in [-0.4, -0.2) is 9.55 Å². The number of nitrogens with zero attached hydrogens (tertiary/aromatic N) is 2. The molecule has 0 amide bonds. The molecule has 27 heavy (non-hydrogen) atoms. The molecule has 134 valence electrons. The summed E-state index contributed by atoms with van der Waals surface area (Å²) in [7, 11) is 0. The highest BCUT2D eigenvalue weighted by Crippen LogP contribution is 2.35. The van der Waals surface area contributed by atoms with Crippen molar-refractivity contribution in [2.24, 2.45) is 0 Å². The van der Waals surface area contributed by atoms with E-state index in [0.29, 0.717) is 10.5 Å². The molecule has 0 saturated heterocycles. The van der Waals surface area contributed by atoms with Crippen LogP contribution in [0.2, 0.25) is 0 Å². The molecule has 4 heteroatoms. The second-order valence-electron chi connectivity index (χ2n) is 6.51. The van der Waals surface area contributed by atoms with Crippen molar-refractivity contribution in [2.45, 2.75) is 24.3 Å². The van der Waals surface area contributed by atoms with Gasteiger partial charge in [0.05, 0.1) is 16.6 Å². The van der Waals surface area contributed by atoms with Crippen LogP contribution in [0.1, 0.15) is 23.3 Å². The molecule has 0 N–H and O–H groups in total. The van der Waals surface area contributed by atoms with E-state index in [0.717, 1.165) is 16.8 Å². The number of benzene rings is 3. The Morgan fingerprint density at radius 1 is 0.889 bits per heavy atom. The molecule has 0 aliphatic heterocycles. The molecule has 1 atom stereocenters. The topological polar surface area (TPSA) is 34.9 Å². The molecule has 0 saturated carbocycles. The molecular weight excluding hydrogens is 352 g/mol. The van der Waals surface area contributed by atoms with Gasteiger partial charge in [-0.2, -0.15) is 0 Å². The third-order valence-corrected chi connectivity index (χ3v) is 5.76. The summed E-state index contributed by atoms with van der Waals surface area (Å²) >= 11 is 1.61. The molecule has 4 rings (SSSR count). The third-order valence-electron chi connectivity index (χ3n) is 4.65. The van der Waals surface area contributed by atoms with Crippen LogP contribution in [-0.2, 0) is 0 Å². The van der Waals surface area contributed by atoms with Crippen LogP contribution in [0.25, 0.3) is 16.6 Å². The Kier molecular flexibility index (Phi) is 4.82. The fraction of sp³-hybridized carbons (Fsp3) is 0.130. The van der Waals surface area contributed by atoms with E-state index in [1.165, 1.54) is 5.56 Å². The number of aromatic nitrogens is 2. The number of fused-ring (bicyclic) bond motifs is 1. The number of rotatable bonds is 4. The molecular formula is C23H20N2OS. The Morgan fingerprint density at radius 2 is 1.56 bits per heavy atom. The fourth-order valence-electron chi connectivity index (χ4n) is 3.17. The second kappa shape index (κ2) is 7.41. The maximum absolute atomic E-state index is 13.3. The molecule has 0 spiro atoms. The average Bonchev–Trinajstić information content (AvgIpc) is 2.70. The largest absolute Gasteiger partial charge is 0.268 e. The maximum Gasteiger partial charge on any atom is 0.266 e. The van der Waals surface area contributed by atoms with Gasteiger partial charge in [0.2, 0.25) is 0 Å². The molecule has 1 aromatic heterocycles. The Hall–Kier alpha value is -2.85. The normalized spacial score (nSPS) is 12.2. The fourth-order valence-corrected chi connectivity index (χ4v) is 4.22. The van der Waals surface area contributed by atoms with Gasteiger partial charge in [0.1, 0.15) is 0 Å². The minimum atomic E-state index is -0.0299. The van der Waals surface area contributed by atoms with Crippen LogP contribution in [0.4, 0.5) is 0 Å². The van der Waals surface area contributed by atoms with Crippen LogP contribution in [0.3, 0.4) is 0 Å². The van der Waals surface area contributed by atoms with Gasteiger partial charge in [-0.25, -0.2) is 4.98 Å². The number of aryl methyl sites for hydroxylation is 1. The lowest BCUT2D eigenvalue weighted by Crippen LogP contribution is -2.22. The predicted molar refractivity (Wildman–Crippen MR) is 113 cm³/mol. The predicted octanol–water partition coefficient (Wildman–Crippen LogP) is 5.55. The van der Waals surface area contributed by atoms with Gasteiger partial charge in [0.15, 0.2) is 5.16 Å². The van der Waals surface area contributed by atoms with E-state index in [-0.39, 0.29) is 10.8 Å². The standard InChI is InChI=1S/C23H20N2OS/c1-16-10-6-9-15-21(16)25-22(26)19-13-7-8-14-20(19)24-23(25)27-17(2)18-11-4-3-5-12-18/h3-15,17H,1-2H3. The second-order valence-corrected chi connectivity index (χ2v) is 7.82. The van der Waals surface area contributed by atoms with Crippen LogP contribution >= 0.6 is 11.8 Å². The minimum absolute atomic E-state index is 0.0299. The zero-order valence-electron chi connectivity index (χ0n) is 15.3. The molecule has 3 aromatic carbocycles. The summed E-state index contributed by atoms with van der Waals surface area (Å²) in [6.45, 7) is 4.16. The van der Waals surface area contributed by atoms with Crippen LogP contribution in [0.15, 0.2) is 88.8 Å². The average molecular weight is 372 g/mol. The summed E-state index contributed by atoms with van der Waals surface area (Å²) in [6.07, 6.45) is 0.